The first-order valence-electron chi connectivity index (χ1n) is 15.6. The molecule has 2 aliphatic heterocycles. The second-order valence-corrected chi connectivity index (χ2v) is 13.0. The Kier molecular flexibility index (Phi) is 9.95. The number of rotatable bonds is 6. The zero-order valence-corrected chi connectivity index (χ0v) is 27.5. The lowest BCUT2D eigenvalue weighted by Crippen LogP contribution is -2.50. The summed E-state index contributed by atoms with van der Waals surface area (Å²) in [6, 6.07) is 9.25. The van der Waals surface area contributed by atoms with Crippen LogP contribution in [0.25, 0.3) is 11.1 Å². The average Bonchev–Trinajstić information content (AvgIpc) is 3.47. The van der Waals surface area contributed by atoms with Crippen LogP contribution in [0, 0.1) is 5.82 Å². The maximum absolute atomic E-state index is 15.9. The number of alkyl halides is 3. The van der Waals surface area contributed by atoms with E-state index in [2.05, 4.69) is 5.10 Å². The quantitative estimate of drug-likeness (QED) is 0.198. The predicted octanol–water partition coefficient (Wildman–Crippen LogP) is 7.44. The van der Waals surface area contributed by atoms with Crippen molar-refractivity contribution < 1.29 is 36.6 Å². The highest BCUT2D eigenvalue weighted by atomic mass is 35.5. The van der Waals surface area contributed by atoms with Crippen molar-refractivity contribution in [2.45, 2.75) is 58.4 Å². The second-order valence-electron chi connectivity index (χ2n) is 12.6. The van der Waals surface area contributed by atoms with Gasteiger partial charge in [-0.1, -0.05) is 17.7 Å². The van der Waals surface area contributed by atoms with Gasteiger partial charge in [0, 0.05) is 66.8 Å². The van der Waals surface area contributed by atoms with Crippen LogP contribution in [0.1, 0.15) is 62.6 Å². The molecule has 0 spiro atoms. The molecule has 2 aromatic carbocycles. The number of esters is 1. The van der Waals surface area contributed by atoms with Gasteiger partial charge in [-0.2, -0.15) is 18.3 Å². The zero-order chi connectivity index (χ0) is 34.1. The van der Waals surface area contributed by atoms with E-state index >= 15 is 4.39 Å². The Morgan fingerprint density at radius 2 is 1.68 bits per heavy atom. The molecule has 1 amide bonds. The Balaban J connectivity index is 1.37. The molecule has 0 saturated carbocycles. The summed E-state index contributed by atoms with van der Waals surface area (Å²) in [5.41, 5.74) is -0.282. The molecule has 1 unspecified atom stereocenters. The molecule has 5 rings (SSSR count). The third kappa shape index (κ3) is 7.77. The Bertz CT molecular complexity index is 1620. The van der Waals surface area contributed by atoms with Crippen LogP contribution in [-0.2, 0) is 15.7 Å². The highest BCUT2D eigenvalue weighted by Gasteiger charge is 2.43. The van der Waals surface area contributed by atoms with Crippen molar-refractivity contribution in [1.82, 2.24) is 14.7 Å². The van der Waals surface area contributed by atoms with E-state index in [1.165, 1.54) is 13.0 Å². The fourth-order valence-corrected chi connectivity index (χ4v) is 6.21. The van der Waals surface area contributed by atoms with Crippen molar-refractivity contribution in [2.24, 2.45) is 0 Å². The van der Waals surface area contributed by atoms with Gasteiger partial charge in [0.15, 0.2) is 5.69 Å². The van der Waals surface area contributed by atoms with E-state index in [0.29, 0.717) is 73.1 Å². The number of carbonyl (C=O) groups is 2. The van der Waals surface area contributed by atoms with Crippen LogP contribution >= 0.6 is 11.6 Å². The molecule has 0 aliphatic carbocycles. The Hall–Kier alpha value is -4.00. The highest BCUT2D eigenvalue weighted by molar-refractivity contribution is 6.31. The summed E-state index contributed by atoms with van der Waals surface area (Å²) in [5.74, 6) is -1.56. The van der Waals surface area contributed by atoms with E-state index < -0.39 is 40.9 Å². The second kappa shape index (κ2) is 13.6. The maximum Gasteiger partial charge on any atom is 0.433 e. The summed E-state index contributed by atoms with van der Waals surface area (Å²) in [4.78, 5) is 30.3. The number of hydrogen-bond acceptors (Lipinski definition) is 7. The van der Waals surface area contributed by atoms with E-state index in [0.717, 1.165) is 10.9 Å². The van der Waals surface area contributed by atoms with Crippen molar-refractivity contribution in [3.05, 3.63) is 64.7 Å². The summed E-state index contributed by atoms with van der Waals surface area (Å²) in [6.07, 6.45) is -3.40. The third-order valence-corrected chi connectivity index (χ3v) is 8.38. The van der Waals surface area contributed by atoms with Crippen LogP contribution in [0.15, 0.2) is 42.6 Å². The van der Waals surface area contributed by atoms with Crippen LogP contribution in [0.5, 0.6) is 0 Å². The van der Waals surface area contributed by atoms with Crippen molar-refractivity contribution in [3.63, 3.8) is 0 Å². The van der Waals surface area contributed by atoms with Crippen molar-refractivity contribution in [1.29, 1.82) is 0 Å². The van der Waals surface area contributed by atoms with Gasteiger partial charge in [-0.05, 0) is 70.9 Å². The third-order valence-electron chi connectivity index (χ3n) is 8.14. The number of piperazine rings is 1. The Labute approximate surface area is 276 Å². The number of carbonyl (C=O) groups excluding carboxylic acids is 2. The van der Waals surface area contributed by atoms with Gasteiger partial charge in [0.2, 0.25) is 0 Å². The fraction of sp³-hybridized carbons (Fsp3) is 0.485. The largest absolute Gasteiger partial charge is 0.462 e. The SMILES string of the molecule is CCOC(=O)c1cnn(C2CCCN(c3cc(Cl)ccc3-c3ccc(N4CCN(C(=O)OC(C)(C)C)CC4)cc3F)C2)c1C(F)(F)F. The molecule has 3 aromatic rings. The van der Waals surface area contributed by atoms with Gasteiger partial charge >= 0.3 is 18.2 Å². The highest BCUT2D eigenvalue weighted by Crippen LogP contribution is 2.40. The van der Waals surface area contributed by atoms with E-state index in [4.69, 9.17) is 21.1 Å². The summed E-state index contributed by atoms with van der Waals surface area (Å²) >= 11 is 6.38. The number of nitrogens with zero attached hydrogens (tertiary/aromatic N) is 5. The number of ether oxygens (including phenoxy) is 2. The molecule has 2 fully saturated rings. The topological polar surface area (TPSA) is 80.1 Å². The predicted molar refractivity (Wildman–Crippen MR) is 171 cm³/mol. The molecule has 14 heteroatoms. The molecule has 1 atom stereocenters. The van der Waals surface area contributed by atoms with Gasteiger partial charge in [0.1, 0.15) is 17.0 Å². The monoisotopic (exact) mass is 679 g/mol. The summed E-state index contributed by atoms with van der Waals surface area (Å²) in [5, 5.41) is 4.38. The summed E-state index contributed by atoms with van der Waals surface area (Å²) < 4.78 is 69.7. The molecule has 254 valence electrons. The Morgan fingerprint density at radius 3 is 2.32 bits per heavy atom. The molecule has 0 bridgehead atoms. The first kappa shape index (κ1) is 34.3. The molecule has 0 radical (unpaired) electrons. The Morgan fingerprint density at radius 1 is 0.979 bits per heavy atom. The number of anilines is 2. The van der Waals surface area contributed by atoms with Crippen LogP contribution in [-0.4, -0.2) is 78.2 Å². The van der Waals surface area contributed by atoms with Gasteiger partial charge < -0.3 is 24.2 Å². The standard InChI is InChI=1S/C33H38ClF4N5O4/c1-5-46-30(44)26-19-39-43(29(26)33(36,37)38)23-7-6-12-42(20-23)28-17-21(34)8-10-25(28)24-11-9-22(18-27(24)35)40-13-15-41(16-14-40)31(45)47-32(2,3)4/h8-11,17-19,23H,5-7,12-16,20H2,1-4H3. The van der Waals surface area contributed by atoms with E-state index in [1.54, 1.807) is 29.2 Å². The first-order chi connectivity index (χ1) is 22.2. The van der Waals surface area contributed by atoms with Gasteiger partial charge in [0.05, 0.1) is 18.8 Å². The number of benzene rings is 2. The summed E-state index contributed by atoms with van der Waals surface area (Å²) in [6.45, 7) is 9.39. The number of aromatic nitrogens is 2. The number of amides is 1. The normalized spacial score (nSPS) is 17.6. The molecule has 0 N–H and O–H groups in total. The average molecular weight is 680 g/mol. The molecule has 2 saturated heterocycles. The lowest BCUT2D eigenvalue weighted by atomic mass is 9.98. The molecule has 3 heterocycles. The van der Waals surface area contributed by atoms with Gasteiger partial charge in [-0.15, -0.1) is 0 Å². The van der Waals surface area contributed by atoms with Gasteiger partial charge in [-0.25, -0.2) is 14.0 Å². The van der Waals surface area contributed by atoms with Crippen LogP contribution in [0.2, 0.25) is 5.02 Å². The number of hydrogen-bond donors (Lipinski definition) is 0. The molecular formula is C33H38ClF4N5O4. The molecule has 2 aliphatic rings. The van der Waals surface area contributed by atoms with E-state index in [9.17, 15) is 22.8 Å². The molecule has 9 nitrogen and oxygen atoms in total. The van der Waals surface area contributed by atoms with Crippen LogP contribution in [0.4, 0.5) is 33.7 Å². The molecular weight excluding hydrogens is 642 g/mol. The lowest BCUT2D eigenvalue weighted by Gasteiger charge is -2.37. The summed E-state index contributed by atoms with van der Waals surface area (Å²) in [7, 11) is 0. The first-order valence-corrected chi connectivity index (χ1v) is 15.9. The molecule has 47 heavy (non-hydrogen) atoms. The van der Waals surface area contributed by atoms with E-state index in [-0.39, 0.29) is 19.2 Å². The zero-order valence-electron chi connectivity index (χ0n) is 26.7. The van der Waals surface area contributed by atoms with E-state index in [1.807, 2.05) is 36.6 Å². The maximum atomic E-state index is 15.9. The van der Waals surface area contributed by atoms with Gasteiger partial charge in [-0.3, -0.25) is 4.68 Å². The van der Waals surface area contributed by atoms with Crippen molar-refractivity contribution in [2.75, 3.05) is 55.7 Å². The smallest absolute Gasteiger partial charge is 0.433 e. The minimum atomic E-state index is -4.84. The number of piperidine rings is 1. The minimum absolute atomic E-state index is 0.0711. The molecule has 1 aromatic heterocycles. The van der Waals surface area contributed by atoms with Crippen LogP contribution < -0.4 is 9.80 Å². The van der Waals surface area contributed by atoms with Crippen molar-refractivity contribution >= 4 is 35.0 Å². The van der Waals surface area contributed by atoms with Crippen LogP contribution in [0.3, 0.4) is 0 Å². The lowest BCUT2D eigenvalue weighted by molar-refractivity contribution is -0.145. The van der Waals surface area contributed by atoms with Crippen molar-refractivity contribution in [3.8, 4) is 11.1 Å². The minimum Gasteiger partial charge on any atom is -0.462 e. The fourth-order valence-electron chi connectivity index (χ4n) is 6.04. The van der Waals surface area contributed by atoms with Gasteiger partial charge in [0.25, 0.3) is 0 Å². The number of halogens is 5.